The first-order valence-electron chi connectivity index (χ1n) is 33.8. The van der Waals surface area contributed by atoms with Crippen LogP contribution in [0.5, 0.6) is 11.5 Å². The molecule has 5 aliphatic rings. The minimum absolute atomic E-state index is 0. The van der Waals surface area contributed by atoms with Crippen LogP contribution < -0.4 is 31.8 Å². The van der Waals surface area contributed by atoms with Gasteiger partial charge in [0.05, 0.1) is 17.0 Å². The molecule has 3 aliphatic carbocycles. The third kappa shape index (κ3) is 27.4. The number of rotatable bonds is 13. The van der Waals surface area contributed by atoms with Crippen molar-refractivity contribution >= 4 is 85.0 Å². The number of hydrogen-bond acceptors (Lipinski definition) is 4. The van der Waals surface area contributed by atoms with Crippen molar-refractivity contribution in [3.8, 4) is 11.5 Å². The van der Waals surface area contributed by atoms with Crippen LogP contribution in [0.4, 0.5) is 22.7 Å². The van der Waals surface area contributed by atoms with E-state index >= 15 is 0 Å². The van der Waals surface area contributed by atoms with Gasteiger partial charge in [-0.25, -0.2) is 9.48 Å². The number of hydrogen-bond donors (Lipinski definition) is 0. The molecule has 1 saturated heterocycles. The minimum Gasteiger partial charge on any atom is -1.00 e. The number of anilines is 3. The van der Waals surface area contributed by atoms with Gasteiger partial charge in [-0.2, -0.15) is 6.67 Å². The van der Waals surface area contributed by atoms with Crippen molar-refractivity contribution in [3.05, 3.63) is 184 Å². The Balaban J connectivity index is 0.000000209. The van der Waals surface area contributed by atoms with E-state index in [-0.39, 0.29) is 32.5 Å². The molecule has 0 radical (unpaired) electrons. The summed E-state index contributed by atoms with van der Waals surface area (Å²) >= 11 is -3.52. The molecule has 0 spiro atoms. The molecular weight excluding hydrogens is 1440 g/mol. The van der Waals surface area contributed by atoms with Crippen LogP contribution in [0.3, 0.4) is 0 Å². The predicted molar refractivity (Wildman–Crippen MR) is 400 cm³/mol. The molecule has 6 nitrogen and oxygen atoms in total. The van der Waals surface area contributed by atoms with Crippen LogP contribution in [0.1, 0.15) is 193 Å². The van der Waals surface area contributed by atoms with Gasteiger partial charge in [0.1, 0.15) is 24.5 Å². The van der Waals surface area contributed by atoms with Gasteiger partial charge in [-0.3, -0.25) is 0 Å². The standard InChI is InChI=1S/2C19H23N2.C18H33P.2C10H12O.C2H6.5ClH.2Ru/c2*1-14-7-15(2)10-18(9-14)20-5-6-21(13-20)19-11-16(3)8-17(4)12-19;1-4-10-16(11-5-1)19(17-12-6-2-7-13-17)18-14-8-3-9-15-18;2*1-8(2)11-10-7-5-4-6-9(10)3;1-2;;;;;;;/h2*7-13H,5-6H2,1-4H3;16-18H,1-15H2;2*3-8H,1-2H3;1-2H3;5*1H;;/q-1;+1;;;;;;;;;;2*+2/p-3. The summed E-state index contributed by atoms with van der Waals surface area (Å²) < 4.78 is 16.3. The zero-order valence-electron chi connectivity index (χ0n) is 57.9. The molecule has 0 unspecified atom stereocenters. The number of nitrogens with zero attached hydrogens (tertiary/aromatic N) is 4. The van der Waals surface area contributed by atoms with Crippen LogP contribution in [-0.4, -0.2) is 80.2 Å². The molecule has 2 aliphatic heterocycles. The number of para-hydroxylation sites is 2. The number of aliphatic hydroxyl groups is 1. The number of halogens is 5. The topological polar surface area (TPSA) is 34.8 Å². The minimum atomic E-state index is -1.77. The molecule has 0 atom stereocenters. The van der Waals surface area contributed by atoms with Crippen LogP contribution >= 0.6 is 46.7 Å². The zero-order chi connectivity index (χ0) is 66.0. The average molecular weight is 1550 g/mol. The maximum Gasteiger partial charge on any atom is 0.244 e. The Morgan fingerprint density at radius 3 is 1.27 bits per heavy atom. The Morgan fingerprint density at radius 2 is 0.870 bits per heavy atom. The third-order valence-electron chi connectivity index (χ3n) is 17.1. The fraction of sp³-hybridized carbons (Fsp3) is 0.487. The van der Waals surface area contributed by atoms with Crippen LogP contribution in [0.25, 0.3) is 0 Å². The fourth-order valence-corrected chi connectivity index (χ4v) is 22.5. The summed E-state index contributed by atoms with van der Waals surface area (Å²) in [4.78, 5) is 7.03. The van der Waals surface area contributed by atoms with E-state index in [1.807, 2.05) is 99.3 Å². The van der Waals surface area contributed by atoms with E-state index in [0.717, 1.165) is 48.8 Å². The Morgan fingerprint density at radius 1 is 0.500 bits per heavy atom. The smallest absolute Gasteiger partial charge is 0.244 e. The van der Waals surface area contributed by atoms with E-state index in [4.69, 9.17) is 43.5 Å². The quantitative estimate of drug-likeness (QED) is 0.0379. The van der Waals surface area contributed by atoms with Crippen molar-refractivity contribution < 1.29 is 53.5 Å². The second kappa shape index (κ2) is 41.8. The molecular formula is C78H111Cl5N4O2PRu2+. The van der Waals surface area contributed by atoms with Gasteiger partial charge in [-0.15, -0.1) is 0 Å². The van der Waals surface area contributed by atoms with E-state index in [1.54, 1.807) is 96.3 Å². The van der Waals surface area contributed by atoms with Gasteiger partial charge in [0, 0.05) is 32.4 Å². The molecule has 92 heavy (non-hydrogen) atoms. The zero-order valence-corrected chi connectivity index (χ0v) is 66.2. The van der Waals surface area contributed by atoms with E-state index in [2.05, 4.69) is 165 Å². The molecule has 2 heterocycles. The summed E-state index contributed by atoms with van der Waals surface area (Å²) in [5.74, 6) is 1.82. The molecule has 0 amide bonds. The maximum absolute atomic E-state index is 5.83. The molecule has 3 saturated carbocycles. The van der Waals surface area contributed by atoms with Crippen molar-refractivity contribution in [3.63, 3.8) is 0 Å². The molecule has 11 rings (SSSR count). The van der Waals surface area contributed by atoms with Crippen molar-refractivity contribution in [2.24, 2.45) is 0 Å². The largest absolute Gasteiger partial charge is 1.00 e. The molecule has 6 aromatic carbocycles. The monoisotopic (exact) mass is 1550 g/mol. The molecule has 1 N–H and O–H groups in total. The average Bonchev–Trinajstić information content (AvgIpc) is 1.22. The molecule has 0 aromatic heterocycles. The Hall–Kier alpha value is -3.14. The van der Waals surface area contributed by atoms with E-state index < -0.39 is 27.0 Å². The number of benzene rings is 6. The summed E-state index contributed by atoms with van der Waals surface area (Å²) in [5, 5.41) is 0. The van der Waals surface area contributed by atoms with Gasteiger partial charge >= 0.3 is 196 Å². The van der Waals surface area contributed by atoms with Gasteiger partial charge in [0.25, 0.3) is 0 Å². The first-order chi connectivity index (χ1) is 43.7. The first-order valence-corrected chi connectivity index (χ1v) is 46.5. The van der Waals surface area contributed by atoms with Crippen LogP contribution in [0.2, 0.25) is 0 Å². The number of aromatic hydroxyl groups is 1. The SMILES string of the molecule is C1CCC([PH+](C2CCCCC2)C2CCCCC2)CC1.CC.CC(C)Oc1ccccc1[CH]=[Ru]([Cl])[Cl].CC(C)[OH+]c1ccccc1[CH]=[Ru]([Cl])[Cl].Cc1cc(C)cc(N2C=[N+](c3cc(C)cc(C)c3)CC2)c1.Cc1cc(C)cc(N2[CH-]N(c3cc(C)cc(C)c3)CC2)c1.[Cl-]. The van der Waals surface area contributed by atoms with E-state index in [1.165, 1.54) is 84.2 Å². The molecule has 4 fully saturated rings. The van der Waals surface area contributed by atoms with Crippen LogP contribution in [-0.2, 0) is 27.0 Å². The van der Waals surface area contributed by atoms with Crippen molar-refractivity contribution in [2.45, 2.75) is 222 Å². The third-order valence-corrected chi connectivity index (χ3v) is 25.3. The van der Waals surface area contributed by atoms with Gasteiger partial charge < -0.3 is 22.2 Å². The first kappa shape index (κ1) is 79.5. The van der Waals surface area contributed by atoms with Crippen molar-refractivity contribution in [1.29, 1.82) is 0 Å². The Kier molecular flexibility index (Phi) is 36.2. The molecule has 510 valence electrons. The molecule has 14 heteroatoms. The fourth-order valence-electron chi connectivity index (χ4n) is 13.6. The van der Waals surface area contributed by atoms with Crippen LogP contribution in [0, 0.1) is 62.1 Å². The predicted octanol–water partition coefficient (Wildman–Crippen LogP) is 19.7. The van der Waals surface area contributed by atoms with Gasteiger partial charge in [-0.05, 0) is 225 Å². The summed E-state index contributed by atoms with van der Waals surface area (Å²) in [6, 6.07) is 42.7. The van der Waals surface area contributed by atoms with Gasteiger partial charge in [0.15, 0.2) is 0 Å². The normalized spacial score (nSPS) is 16.2. The summed E-state index contributed by atoms with van der Waals surface area (Å²) in [6.45, 7) is 35.8. The molecule has 0 bridgehead atoms. The maximum atomic E-state index is 5.83. The van der Waals surface area contributed by atoms with Crippen LogP contribution in [0.15, 0.2) is 121 Å². The van der Waals surface area contributed by atoms with E-state index in [9.17, 15) is 0 Å². The Labute approximate surface area is 591 Å². The van der Waals surface area contributed by atoms with Crippen molar-refractivity contribution in [1.82, 2.24) is 0 Å². The van der Waals surface area contributed by atoms with Gasteiger partial charge in [-0.1, -0.05) is 57.4 Å². The summed E-state index contributed by atoms with van der Waals surface area (Å²) in [7, 11) is 23.3. The molecule has 6 aromatic rings. The summed E-state index contributed by atoms with van der Waals surface area (Å²) in [5.41, 5.74) is 21.5. The Bertz CT molecular complexity index is 3030. The number of aryl methyl sites for hydroxylation is 8. The van der Waals surface area contributed by atoms with E-state index in [0.29, 0.717) is 0 Å². The number of ether oxygens (including phenoxy) is 2. The van der Waals surface area contributed by atoms with Gasteiger partial charge in [0.2, 0.25) is 6.34 Å². The summed E-state index contributed by atoms with van der Waals surface area (Å²) in [6.07, 6.45) is 26.5. The second-order valence-electron chi connectivity index (χ2n) is 26.0. The van der Waals surface area contributed by atoms with Crippen molar-refractivity contribution in [2.75, 3.05) is 40.9 Å². The second-order valence-corrected chi connectivity index (χ2v) is 40.9.